The number of nitrogens with zero attached hydrogens (tertiary/aromatic N) is 3. The maximum Gasteiger partial charge on any atom is 0.453 e. The number of rotatable bonds is 1. The summed E-state index contributed by atoms with van der Waals surface area (Å²) < 4.78 is 43.4. The van der Waals surface area contributed by atoms with Crippen molar-refractivity contribution in [3.8, 4) is 11.5 Å². The van der Waals surface area contributed by atoms with Crippen LogP contribution >= 0.6 is 34.8 Å². The van der Waals surface area contributed by atoms with Crippen LogP contribution in [0.25, 0.3) is 11.2 Å². The quantitative estimate of drug-likeness (QED) is 0.408. The van der Waals surface area contributed by atoms with Crippen LogP contribution in [0.15, 0.2) is 24.4 Å². The highest BCUT2D eigenvalue weighted by molar-refractivity contribution is 6.39. The number of benzene rings is 1. The van der Waals surface area contributed by atoms with Crippen molar-refractivity contribution < 1.29 is 27.5 Å². The molecular formula is C15H7Cl3F3N3O3. The highest BCUT2D eigenvalue weighted by Crippen LogP contribution is 2.50. The number of alkyl halides is 3. The maximum absolute atomic E-state index is 12.7. The highest BCUT2D eigenvalue weighted by Gasteiger charge is 2.40. The summed E-state index contributed by atoms with van der Waals surface area (Å²) in [5.41, 5.74) is -0.460. The van der Waals surface area contributed by atoms with Crippen LogP contribution in [0.1, 0.15) is 12.7 Å². The third-order valence-electron chi connectivity index (χ3n) is 3.16. The zero-order valence-corrected chi connectivity index (χ0v) is 15.4. The van der Waals surface area contributed by atoms with Crippen LogP contribution in [-0.2, 0) is 11.0 Å². The number of halogens is 6. The van der Waals surface area contributed by atoms with Crippen molar-refractivity contribution >= 4 is 51.9 Å². The Morgan fingerprint density at radius 2 is 1.89 bits per heavy atom. The van der Waals surface area contributed by atoms with Gasteiger partial charge in [0.05, 0.1) is 10.0 Å². The first kappa shape index (κ1) is 19.5. The Balaban J connectivity index is 0.000000193. The summed E-state index contributed by atoms with van der Waals surface area (Å²) in [5, 5.41) is 1.17. The average molecular weight is 441 g/mol. The van der Waals surface area contributed by atoms with Crippen LogP contribution in [0, 0.1) is 0 Å². The molecule has 0 amide bonds. The summed E-state index contributed by atoms with van der Waals surface area (Å²) in [7, 11) is 0. The molecule has 2 aliphatic heterocycles. The number of imidazole rings is 1. The van der Waals surface area contributed by atoms with E-state index in [-0.39, 0.29) is 20.9 Å². The monoisotopic (exact) mass is 439 g/mol. The van der Waals surface area contributed by atoms with E-state index in [9.17, 15) is 18.0 Å². The van der Waals surface area contributed by atoms with Gasteiger partial charge in [-0.25, -0.2) is 14.8 Å². The van der Waals surface area contributed by atoms with Gasteiger partial charge in [-0.15, -0.1) is 4.73 Å². The summed E-state index contributed by atoms with van der Waals surface area (Å²) in [5.74, 6) is -1.00. The van der Waals surface area contributed by atoms with Crippen molar-refractivity contribution in [3.05, 3.63) is 45.3 Å². The number of pyridine rings is 1. The molecule has 12 heteroatoms. The van der Waals surface area contributed by atoms with Gasteiger partial charge < -0.3 is 9.57 Å². The van der Waals surface area contributed by atoms with Gasteiger partial charge in [-0.2, -0.15) is 13.2 Å². The van der Waals surface area contributed by atoms with Crippen molar-refractivity contribution in [2.45, 2.75) is 13.1 Å². The number of carbonyl (C=O) groups excluding carboxylic acids is 1. The third kappa shape index (κ3) is 3.76. The van der Waals surface area contributed by atoms with E-state index in [0.29, 0.717) is 15.8 Å². The Hall–Kier alpha value is -2.23. The van der Waals surface area contributed by atoms with Gasteiger partial charge in [0.1, 0.15) is 16.3 Å². The Bertz CT molecular complexity index is 1050. The second-order valence-corrected chi connectivity index (χ2v) is 6.26. The highest BCUT2D eigenvalue weighted by atomic mass is 35.5. The number of hydrogen-bond acceptors (Lipinski definition) is 5. The smallest absolute Gasteiger partial charge is 0.452 e. The number of aromatic nitrogens is 3. The summed E-state index contributed by atoms with van der Waals surface area (Å²) in [6, 6.07) is 4.78. The van der Waals surface area contributed by atoms with Gasteiger partial charge in [-0.1, -0.05) is 34.8 Å². The first-order chi connectivity index (χ1) is 12.6. The molecule has 0 radical (unpaired) electrons. The van der Waals surface area contributed by atoms with Crippen molar-refractivity contribution in [3.63, 3.8) is 0 Å². The standard InChI is InChI=1S/C9H5ClF3N3O2.C6H2Cl2O/c1-4(17)18-16-6-5(10)2-3-14-7(6)15-8(16)9(11,12)13;7-3-1-2-4-5(8)6(3)9-4/h2-3H,1H3;1-2H. The van der Waals surface area contributed by atoms with E-state index in [1.54, 1.807) is 12.1 Å². The summed E-state index contributed by atoms with van der Waals surface area (Å²) in [6.45, 7) is 0.969. The Labute approximate surface area is 164 Å². The molecule has 0 atom stereocenters. The van der Waals surface area contributed by atoms with Gasteiger partial charge in [0, 0.05) is 13.1 Å². The number of fused-ring (bicyclic) bond motifs is 3. The molecule has 0 aliphatic carbocycles. The van der Waals surface area contributed by atoms with Crippen LogP contribution in [0.3, 0.4) is 0 Å². The molecule has 0 N–H and O–H groups in total. The van der Waals surface area contributed by atoms with Crippen LogP contribution in [-0.4, -0.2) is 20.7 Å². The summed E-state index contributed by atoms with van der Waals surface area (Å²) >= 11 is 17.1. The van der Waals surface area contributed by atoms with Crippen molar-refractivity contribution in [1.82, 2.24) is 14.7 Å². The van der Waals surface area contributed by atoms with Crippen molar-refractivity contribution in [1.29, 1.82) is 0 Å². The minimum atomic E-state index is -4.79. The molecular weight excluding hydrogens is 434 g/mol. The zero-order valence-electron chi connectivity index (χ0n) is 13.1. The van der Waals surface area contributed by atoms with Crippen molar-refractivity contribution in [2.75, 3.05) is 0 Å². The lowest BCUT2D eigenvalue weighted by Crippen LogP contribution is -2.23. The fourth-order valence-electron chi connectivity index (χ4n) is 2.09. The molecule has 0 saturated carbocycles. The second-order valence-electron chi connectivity index (χ2n) is 5.07. The Kier molecular flexibility index (Phi) is 5.11. The van der Waals surface area contributed by atoms with Gasteiger partial charge >= 0.3 is 12.1 Å². The van der Waals surface area contributed by atoms with Crippen LogP contribution in [0.2, 0.25) is 15.1 Å². The predicted octanol–water partition coefficient (Wildman–Crippen LogP) is 5.18. The largest absolute Gasteiger partial charge is 0.453 e. The van der Waals surface area contributed by atoms with E-state index in [1.807, 2.05) is 0 Å². The number of carbonyl (C=O) groups is 1. The normalized spacial score (nSPS) is 12.0. The van der Waals surface area contributed by atoms with Gasteiger partial charge in [0.2, 0.25) is 0 Å². The first-order valence-electron chi connectivity index (χ1n) is 7.04. The van der Waals surface area contributed by atoms with Gasteiger partial charge in [-0.05, 0) is 18.2 Å². The van der Waals surface area contributed by atoms with Crippen molar-refractivity contribution in [2.24, 2.45) is 0 Å². The SMILES string of the molecule is CC(=O)On1c(C(F)(F)F)nc2nccc(Cl)c21.Clc1ccc2c(Cl)c1O2. The van der Waals surface area contributed by atoms with Crippen LogP contribution < -0.4 is 9.57 Å². The minimum absolute atomic E-state index is 0.0516. The second kappa shape index (κ2) is 7.06. The Morgan fingerprint density at radius 1 is 1.19 bits per heavy atom. The molecule has 5 rings (SSSR count). The lowest BCUT2D eigenvalue weighted by molar-refractivity contribution is -0.161. The molecule has 1 aromatic carbocycles. The van der Waals surface area contributed by atoms with Crippen LogP contribution in [0.4, 0.5) is 13.2 Å². The average Bonchev–Trinajstić information content (AvgIpc) is 2.94. The topological polar surface area (TPSA) is 66.2 Å². The molecule has 0 saturated heterocycles. The molecule has 2 aliphatic rings. The molecule has 0 spiro atoms. The lowest BCUT2D eigenvalue weighted by Gasteiger charge is -2.20. The van der Waals surface area contributed by atoms with Crippen LogP contribution in [0.5, 0.6) is 11.5 Å². The number of ether oxygens (including phenoxy) is 1. The van der Waals surface area contributed by atoms with Gasteiger partial charge in [-0.3, -0.25) is 0 Å². The molecule has 6 nitrogen and oxygen atoms in total. The molecule has 0 fully saturated rings. The summed E-state index contributed by atoms with van der Waals surface area (Å²) in [6.07, 6.45) is -3.59. The van der Waals surface area contributed by atoms with Gasteiger partial charge in [0.25, 0.3) is 5.82 Å². The molecule has 142 valence electrons. The third-order valence-corrected chi connectivity index (χ3v) is 4.12. The fraction of sp³-hybridized carbons (Fsp3) is 0.133. The van der Waals surface area contributed by atoms with E-state index in [1.165, 1.54) is 12.3 Å². The maximum atomic E-state index is 12.7. The minimum Gasteiger partial charge on any atom is -0.452 e. The molecule has 4 heterocycles. The fourth-order valence-corrected chi connectivity index (χ4v) is 2.79. The zero-order chi connectivity index (χ0) is 19.9. The lowest BCUT2D eigenvalue weighted by atomic mass is 10.2. The molecule has 27 heavy (non-hydrogen) atoms. The predicted molar refractivity (Wildman–Crippen MR) is 91.3 cm³/mol. The molecule has 3 aromatic rings. The summed E-state index contributed by atoms with van der Waals surface area (Å²) in [4.78, 5) is 22.2. The van der Waals surface area contributed by atoms with E-state index < -0.39 is 18.0 Å². The van der Waals surface area contributed by atoms with E-state index in [2.05, 4.69) is 14.8 Å². The molecule has 2 bridgehead atoms. The Morgan fingerprint density at radius 3 is 2.37 bits per heavy atom. The number of hydrogen-bond donors (Lipinski definition) is 0. The molecule has 2 aromatic heterocycles. The van der Waals surface area contributed by atoms with E-state index in [4.69, 9.17) is 39.5 Å². The molecule has 0 unspecified atom stereocenters. The van der Waals surface area contributed by atoms with E-state index >= 15 is 0 Å². The van der Waals surface area contributed by atoms with Gasteiger partial charge in [0.15, 0.2) is 11.4 Å². The first-order valence-corrected chi connectivity index (χ1v) is 8.18. The van der Waals surface area contributed by atoms with E-state index in [0.717, 1.165) is 12.7 Å².